The number of benzene rings is 1. The molecule has 0 radical (unpaired) electrons. The van der Waals surface area contributed by atoms with E-state index in [1.54, 1.807) is 6.07 Å². The second-order valence-corrected chi connectivity index (χ2v) is 7.44. The molecular weight excluding hydrogens is 369 g/mol. The van der Waals surface area contributed by atoms with E-state index in [9.17, 15) is 14.9 Å². The van der Waals surface area contributed by atoms with Crippen LogP contribution in [0, 0.1) is 10.1 Å². The Balaban J connectivity index is 1.89. The van der Waals surface area contributed by atoms with Crippen molar-refractivity contribution in [3.05, 3.63) is 48.6 Å². The highest BCUT2D eigenvalue weighted by Gasteiger charge is 2.17. The Labute approximate surface area is 141 Å². The maximum absolute atomic E-state index is 12.1. The number of carbonyl (C=O) groups is 1. The molecule has 2 aromatic heterocycles. The second-order valence-electron chi connectivity index (χ2n) is 4.12. The molecule has 3 rings (SSSR count). The molecule has 10 heteroatoms. The van der Waals surface area contributed by atoms with Crippen molar-refractivity contribution in [2.45, 2.75) is 0 Å². The number of thiazole rings is 1. The molecule has 0 saturated heterocycles. The van der Waals surface area contributed by atoms with E-state index in [0.29, 0.717) is 19.3 Å². The summed E-state index contributed by atoms with van der Waals surface area (Å²) in [6.45, 7) is 0. The van der Waals surface area contributed by atoms with Crippen LogP contribution >= 0.6 is 45.9 Å². The zero-order chi connectivity index (χ0) is 15.9. The molecule has 0 aliphatic carbocycles. The molecule has 0 unspecified atom stereocenters. The number of aromatic nitrogens is 1. The molecule has 0 aliphatic rings. The number of amides is 1. The Bertz CT molecular complexity index is 906. The fourth-order valence-corrected chi connectivity index (χ4v) is 4.04. The molecule has 0 aliphatic heterocycles. The summed E-state index contributed by atoms with van der Waals surface area (Å²) in [4.78, 5) is 26.5. The van der Waals surface area contributed by atoms with Crippen LogP contribution in [0.4, 0.5) is 10.8 Å². The molecule has 0 fully saturated rings. The Kier molecular flexibility index (Phi) is 4.00. The van der Waals surface area contributed by atoms with Crippen LogP contribution < -0.4 is 5.32 Å². The molecule has 1 N–H and O–H groups in total. The van der Waals surface area contributed by atoms with Crippen LogP contribution in [-0.2, 0) is 0 Å². The lowest BCUT2D eigenvalue weighted by atomic mass is 10.3. The van der Waals surface area contributed by atoms with Crippen molar-refractivity contribution in [3.8, 4) is 0 Å². The minimum atomic E-state index is -0.496. The largest absolute Gasteiger partial charge is 0.298 e. The number of carbonyl (C=O) groups excluding carboxylic acids is 1. The van der Waals surface area contributed by atoms with Crippen LogP contribution in [-0.4, -0.2) is 15.8 Å². The van der Waals surface area contributed by atoms with E-state index in [2.05, 4.69) is 10.3 Å². The number of halogens is 2. The summed E-state index contributed by atoms with van der Waals surface area (Å²) in [7, 11) is 0. The quantitative estimate of drug-likeness (QED) is 0.526. The summed E-state index contributed by atoms with van der Waals surface area (Å²) in [6.07, 6.45) is 0. The van der Waals surface area contributed by atoms with Crippen molar-refractivity contribution < 1.29 is 9.72 Å². The predicted octanol–water partition coefficient (Wildman–Crippen LogP) is 4.83. The molecule has 0 bridgehead atoms. The molecular formula is C12H5Cl2N3O3S2. The van der Waals surface area contributed by atoms with Crippen molar-refractivity contribution in [1.29, 1.82) is 0 Å². The fraction of sp³-hybridized carbons (Fsp3) is 0. The van der Waals surface area contributed by atoms with E-state index in [1.165, 1.54) is 29.5 Å². The third-order valence-corrected chi connectivity index (χ3v) is 5.14. The van der Waals surface area contributed by atoms with E-state index in [0.717, 1.165) is 16.0 Å². The van der Waals surface area contributed by atoms with Gasteiger partial charge < -0.3 is 0 Å². The summed E-state index contributed by atoms with van der Waals surface area (Å²) in [5, 5.41) is 13.7. The highest BCUT2D eigenvalue weighted by atomic mass is 35.5. The number of nitrogens with zero attached hydrogens (tertiary/aromatic N) is 2. The number of anilines is 1. The van der Waals surface area contributed by atoms with Gasteiger partial charge in [0.2, 0.25) is 0 Å². The molecule has 0 spiro atoms. The number of hydrogen-bond acceptors (Lipinski definition) is 6. The highest BCUT2D eigenvalue weighted by Crippen LogP contribution is 2.33. The average molecular weight is 374 g/mol. The average Bonchev–Trinajstić information content (AvgIpc) is 2.99. The third kappa shape index (κ3) is 2.91. The monoisotopic (exact) mass is 373 g/mol. The number of fused-ring (bicyclic) bond motifs is 1. The smallest absolute Gasteiger partial charge is 0.271 e. The maximum atomic E-state index is 12.1. The predicted molar refractivity (Wildman–Crippen MR) is 88.6 cm³/mol. The SMILES string of the molecule is O=C(Nc1nc2cc([N+](=O)[O-])ccc2s1)c1cc(Cl)sc1Cl. The Morgan fingerprint density at radius 2 is 2.05 bits per heavy atom. The maximum Gasteiger partial charge on any atom is 0.271 e. The van der Waals surface area contributed by atoms with Gasteiger partial charge in [0.05, 0.1) is 25.0 Å². The van der Waals surface area contributed by atoms with Gasteiger partial charge in [-0.25, -0.2) is 4.98 Å². The Morgan fingerprint density at radius 1 is 1.27 bits per heavy atom. The van der Waals surface area contributed by atoms with Crippen molar-refractivity contribution in [2.75, 3.05) is 5.32 Å². The first-order valence-electron chi connectivity index (χ1n) is 5.75. The number of nitrogens with one attached hydrogen (secondary N) is 1. The number of nitro groups is 1. The number of hydrogen-bond donors (Lipinski definition) is 1. The molecule has 3 aromatic rings. The second kappa shape index (κ2) is 5.81. The first kappa shape index (κ1) is 15.2. The molecule has 0 atom stereocenters. The van der Waals surface area contributed by atoms with E-state index >= 15 is 0 Å². The molecule has 1 aromatic carbocycles. The standard InChI is InChI=1S/C12H5Cl2N3O3S2/c13-9-4-6(10(14)22-9)11(18)16-12-15-7-3-5(17(19)20)1-2-8(7)21-12/h1-4H,(H,15,16,18). The van der Waals surface area contributed by atoms with E-state index < -0.39 is 10.8 Å². The van der Waals surface area contributed by atoms with Gasteiger partial charge >= 0.3 is 0 Å². The first-order chi connectivity index (χ1) is 10.4. The number of non-ortho nitro benzene ring substituents is 1. The van der Waals surface area contributed by atoms with Gasteiger partial charge in [-0.15, -0.1) is 11.3 Å². The van der Waals surface area contributed by atoms with Gasteiger partial charge in [0.1, 0.15) is 4.34 Å². The normalized spacial score (nSPS) is 10.8. The molecule has 6 nitrogen and oxygen atoms in total. The van der Waals surface area contributed by atoms with Gasteiger partial charge in [0.15, 0.2) is 5.13 Å². The zero-order valence-electron chi connectivity index (χ0n) is 10.5. The summed E-state index contributed by atoms with van der Waals surface area (Å²) in [5.41, 5.74) is 0.661. The van der Waals surface area contributed by atoms with Crippen molar-refractivity contribution in [1.82, 2.24) is 4.98 Å². The van der Waals surface area contributed by atoms with Crippen LogP contribution in [0.5, 0.6) is 0 Å². The number of thiophene rings is 1. The van der Waals surface area contributed by atoms with Crippen LogP contribution in [0.25, 0.3) is 10.2 Å². The zero-order valence-corrected chi connectivity index (χ0v) is 13.6. The Morgan fingerprint density at radius 3 is 2.68 bits per heavy atom. The minimum Gasteiger partial charge on any atom is -0.298 e. The third-order valence-electron chi connectivity index (χ3n) is 2.70. The van der Waals surface area contributed by atoms with Crippen molar-refractivity contribution >= 4 is 72.8 Å². The minimum absolute atomic E-state index is 0.0525. The van der Waals surface area contributed by atoms with Crippen LogP contribution in [0.3, 0.4) is 0 Å². The summed E-state index contributed by atoms with van der Waals surface area (Å²) >= 11 is 14.0. The number of rotatable bonds is 3. The number of nitro benzene ring substituents is 1. The van der Waals surface area contributed by atoms with E-state index in [1.807, 2.05) is 0 Å². The van der Waals surface area contributed by atoms with Crippen molar-refractivity contribution in [3.63, 3.8) is 0 Å². The lowest BCUT2D eigenvalue weighted by Crippen LogP contribution is -2.10. The molecule has 1 amide bonds. The van der Waals surface area contributed by atoms with E-state index in [4.69, 9.17) is 23.2 Å². The van der Waals surface area contributed by atoms with Gasteiger partial charge in [-0.1, -0.05) is 34.5 Å². The van der Waals surface area contributed by atoms with Gasteiger partial charge in [-0.2, -0.15) is 0 Å². The van der Waals surface area contributed by atoms with Crippen LogP contribution in [0.2, 0.25) is 8.67 Å². The summed E-state index contributed by atoms with van der Waals surface area (Å²) in [5.74, 6) is -0.429. The van der Waals surface area contributed by atoms with Crippen LogP contribution in [0.1, 0.15) is 10.4 Å². The summed E-state index contributed by atoms with van der Waals surface area (Å²) < 4.78 is 1.43. The first-order valence-corrected chi connectivity index (χ1v) is 8.14. The molecule has 112 valence electrons. The van der Waals surface area contributed by atoms with Gasteiger partial charge in [0.25, 0.3) is 11.6 Å². The molecule has 22 heavy (non-hydrogen) atoms. The van der Waals surface area contributed by atoms with Gasteiger partial charge in [-0.05, 0) is 12.1 Å². The highest BCUT2D eigenvalue weighted by molar-refractivity contribution is 7.22. The lowest BCUT2D eigenvalue weighted by Gasteiger charge is -1.98. The lowest BCUT2D eigenvalue weighted by molar-refractivity contribution is -0.384. The summed E-state index contributed by atoms with van der Waals surface area (Å²) in [6, 6.07) is 5.81. The van der Waals surface area contributed by atoms with Crippen LogP contribution in [0.15, 0.2) is 24.3 Å². The van der Waals surface area contributed by atoms with Gasteiger partial charge in [-0.3, -0.25) is 20.2 Å². The van der Waals surface area contributed by atoms with Crippen molar-refractivity contribution in [2.24, 2.45) is 0 Å². The van der Waals surface area contributed by atoms with Gasteiger partial charge in [0, 0.05) is 12.1 Å². The van der Waals surface area contributed by atoms with E-state index in [-0.39, 0.29) is 11.3 Å². The topological polar surface area (TPSA) is 85.1 Å². The molecule has 2 heterocycles. The molecule has 0 saturated carbocycles. The Hall–Kier alpha value is -1.74. The fourth-order valence-electron chi connectivity index (χ4n) is 1.74.